The van der Waals surface area contributed by atoms with E-state index in [0.717, 1.165) is 5.21 Å². The summed E-state index contributed by atoms with van der Waals surface area (Å²) in [6.45, 7) is 5.72. The number of aliphatic carboxylic acids is 1. The normalized spacial score (nSPS) is 13.3. The number of allylic oxidation sites excluding steroid dienone is 1. The van der Waals surface area contributed by atoms with E-state index in [1.54, 1.807) is 23.8 Å². The zero-order valence-electron chi connectivity index (χ0n) is 7.22. The zero-order valence-corrected chi connectivity index (χ0v) is 9.64. The van der Waals surface area contributed by atoms with Crippen LogP contribution in [0.1, 0.15) is 20.8 Å². The number of carboxylic acid groups (broad SMARTS) is 1. The first-order chi connectivity index (χ1) is 4.89. The summed E-state index contributed by atoms with van der Waals surface area (Å²) in [4.78, 5) is 10.4. The summed E-state index contributed by atoms with van der Waals surface area (Å²) >= 11 is 1.63. The monoisotopic (exact) mass is 218 g/mol. The molecule has 0 spiro atoms. The van der Waals surface area contributed by atoms with Crippen LogP contribution >= 0.6 is 0 Å². The molecule has 0 saturated heterocycles. The fourth-order valence-corrected chi connectivity index (χ4v) is 0.954. The van der Waals surface area contributed by atoms with E-state index >= 15 is 0 Å². The van der Waals surface area contributed by atoms with Crippen molar-refractivity contribution in [3.05, 3.63) is 11.6 Å². The molecule has 0 amide bonds. The molecule has 2 nitrogen and oxygen atoms in total. The summed E-state index contributed by atoms with van der Waals surface area (Å²) in [7, 11) is 0. The fraction of sp³-hybridized carbons (Fsp3) is 0.625. The molecule has 0 aromatic carbocycles. The van der Waals surface area contributed by atoms with Crippen molar-refractivity contribution in [3.63, 3.8) is 0 Å². The maximum atomic E-state index is 10.4. The zero-order chi connectivity index (χ0) is 9.07. The first-order valence-electron chi connectivity index (χ1n) is 3.52. The molecule has 0 aromatic heterocycles. The van der Waals surface area contributed by atoms with Crippen LogP contribution in [-0.4, -0.2) is 27.9 Å². The van der Waals surface area contributed by atoms with Gasteiger partial charge in [-0.3, -0.25) is 0 Å². The van der Waals surface area contributed by atoms with E-state index in [0.29, 0.717) is 5.57 Å². The van der Waals surface area contributed by atoms with Gasteiger partial charge in [0, 0.05) is 0 Å². The number of carbonyl (C=O) groups is 1. The molecule has 11 heavy (non-hydrogen) atoms. The Labute approximate surface area is 76.2 Å². The van der Waals surface area contributed by atoms with Gasteiger partial charge in [-0.05, 0) is 0 Å². The molecule has 64 valence electrons. The van der Waals surface area contributed by atoms with Gasteiger partial charge in [-0.15, -0.1) is 0 Å². The van der Waals surface area contributed by atoms with Crippen LogP contribution in [-0.2, 0) is 4.79 Å². The molecule has 1 N–H and O–H groups in total. The molecule has 0 fully saturated rings. The Kier molecular flexibility index (Phi) is 3.88. The number of rotatable bonds is 3. The topological polar surface area (TPSA) is 37.3 Å². The summed E-state index contributed by atoms with van der Waals surface area (Å²) in [6, 6.07) is 0. The van der Waals surface area contributed by atoms with Gasteiger partial charge in [0.25, 0.3) is 0 Å². The van der Waals surface area contributed by atoms with Crippen LogP contribution in [0.3, 0.4) is 0 Å². The van der Waals surface area contributed by atoms with Gasteiger partial charge >= 0.3 is 75.8 Å². The van der Waals surface area contributed by atoms with Crippen molar-refractivity contribution in [1.82, 2.24) is 0 Å². The molecule has 1 atom stereocenters. The summed E-state index contributed by atoms with van der Waals surface area (Å²) in [5, 5.41) is 9.60. The summed E-state index contributed by atoms with van der Waals surface area (Å²) in [6.07, 6.45) is 1.82. The molecule has 0 aromatic rings. The van der Waals surface area contributed by atoms with Crippen molar-refractivity contribution in [1.29, 1.82) is 0 Å². The van der Waals surface area contributed by atoms with Crippen LogP contribution in [0.25, 0.3) is 0 Å². The van der Waals surface area contributed by atoms with Crippen molar-refractivity contribution in [2.24, 2.45) is 5.41 Å². The first kappa shape index (κ1) is 10.8. The quantitative estimate of drug-likeness (QED) is 0.568. The molecule has 0 saturated carbocycles. The van der Waals surface area contributed by atoms with E-state index in [1.165, 1.54) is 0 Å². The van der Waals surface area contributed by atoms with Gasteiger partial charge in [0.05, 0.1) is 0 Å². The first-order valence-corrected chi connectivity index (χ1v) is 5.23. The molecule has 0 aliphatic carbocycles. The summed E-state index contributed by atoms with van der Waals surface area (Å²) < 4.78 is 0. The summed E-state index contributed by atoms with van der Waals surface area (Å²) in [5.41, 5.74) is 0.468. The third-order valence-corrected chi connectivity index (χ3v) is 3.68. The number of hydrogen-bond donors (Lipinski definition) is 1. The van der Waals surface area contributed by atoms with Crippen molar-refractivity contribution in [2.75, 3.05) is 0 Å². The van der Waals surface area contributed by atoms with Crippen LogP contribution in [0.15, 0.2) is 11.6 Å². The molecule has 0 rings (SSSR count). The Morgan fingerprint density at radius 2 is 2.09 bits per heavy atom. The molecule has 0 bridgehead atoms. The predicted molar refractivity (Wildman–Crippen MR) is 48.5 cm³/mol. The van der Waals surface area contributed by atoms with Crippen LogP contribution < -0.4 is 0 Å². The molecular weight excluding hydrogens is 203 g/mol. The van der Waals surface area contributed by atoms with Crippen LogP contribution in [0, 0.1) is 5.41 Å². The van der Waals surface area contributed by atoms with Crippen LogP contribution in [0.4, 0.5) is 0 Å². The van der Waals surface area contributed by atoms with Gasteiger partial charge in [-0.25, -0.2) is 0 Å². The van der Waals surface area contributed by atoms with Crippen molar-refractivity contribution < 1.29 is 9.90 Å². The fourth-order valence-electron chi connectivity index (χ4n) is 0.707. The Hall–Kier alpha value is -0.232. The molecule has 0 aliphatic rings. The van der Waals surface area contributed by atoms with Gasteiger partial charge < -0.3 is 0 Å². The molecule has 0 aliphatic heterocycles. The van der Waals surface area contributed by atoms with Crippen molar-refractivity contribution in [3.8, 4) is 0 Å². The number of hydrogen-bond acceptors (Lipinski definition) is 1. The predicted octanol–water partition coefficient (Wildman–Crippen LogP) is 1.09. The number of carboxylic acids is 1. The maximum absolute atomic E-state index is 10.4. The van der Waals surface area contributed by atoms with E-state index < -0.39 is 5.97 Å². The van der Waals surface area contributed by atoms with E-state index in [4.69, 9.17) is 5.11 Å². The van der Waals surface area contributed by atoms with Gasteiger partial charge in [-0.1, -0.05) is 0 Å². The Bertz CT molecular complexity index is 183. The minimum atomic E-state index is -0.820. The van der Waals surface area contributed by atoms with E-state index in [-0.39, 0.29) is 5.41 Å². The Morgan fingerprint density at radius 1 is 1.64 bits per heavy atom. The Balaban J connectivity index is 4.41. The van der Waals surface area contributed by atoms with Crippen molar-refractivity contribution >= 4 is 22.8 Å². The molecule has 0 heterocycles. The summed E-state index contributed by atoms with van der Waals surface area (Å²) in [5.74, 6) is -0.820. The van der Waals surface area contributed by atoms with E-state index in [2.05, 4.69) is 0 Å². The van der Waals surface area contributed by atoms with Gasteiger partial charge in [0.1, 0.15) is 0 Å². The minimum absolute atomic E-state index is 0.0302. The van der Waals surface area contributed by atoms with Gasteiger partial charge in [-0.2, -0.15) is 0 Å². The SMILES string of the molecule is C/C(=C\C(C)(C)C[AsH2])C(=O)O. The average molecular weight is 218 g/mol. The van der Waals surface area contributed by atoms with E-state index in [1.807, 2.05) is 19.9 Å². The van der Waals surface area contributed by atoms with E-state index in [9.17, 15) is 4.79 Å². The third kappa shape index (κ3) is 4.26. The second-order valence-electron chi connectivity index (χ2n) is 3.33. The molecule has 0 radical (unpaired) electrons. The standard InChI is InChI=1S/C8H15AsO2/c1-6(7(10)11)4-8(2,3)5-9/h4H,5,9H2,1-3H3,(H,10,11)/b6-4+. The Morgan fingerprint density at radius 3 is 2.36 bits per heavy atom. The second kappa shape index (κ2) is 3.96. The molecular formula is C8H15AsO2. The average Bonchev–Trinajstić information content (AvgIpc) is 1.87. The van der Waals surface area contributed by atoms with Gasteiger partial charge in [0.2, 0.25) is 0 Å². The van der Waals surface area contributed by atoms with Crippen LogP contribution in [0.5, 0.6) is 0 Å². The van der Waals surface area contributed by atoms with Gasteiger partial charge in [0.15, 0.2) is 0 Å². The molecule has 1 unspecified atom stereocenters. The second-order valence-corrected chi connectivity index (χ2v) is 4.18. The van der Waals surface area contributed by atoms with Crippen LogP contribution in [0.2, 0.25) is 5.21 Å². The third-order valence-electron chi connectivity index (χ3n) is 1.47. The molecule has 3 heteroatoms. The van der Waals surface area contributed by atoms with Crippen molar-refractivity contribution in [2.45, 2.75) is 26.0 Å².